The molecule has 7 heteroatoms. The first-order valence-corrected chi connectivity index (χ1v) is 7.34. The molecule has 0 aliphatic carbocycles. The van der Waals surface area contributed by atoms with Crippen LogP contribution in [-0.4, -0.2) is 41.6 Å². The average molecular weight is 358 g/mol. The molecule has 0 saturated heterocycles. The number of amides is 1. The summed E-state index contributed by atoms with van der Waals surface area (Å²) >= 11 is 3.36. The van der Waals surface area contributed by atoms with Crippen LogP contribution in [0, 0.1) is 0 Å². The second-order valence-electron chi connectivity index (χ2n) is 4.57. The molecule has 1 aliphatic heterocycles. The van der Waals surface area contributed by atoms with Crippen LogP contribution in [0.3, 0.4) is 0 Å². The largest absolute Gasteiger partial charge is 0.486 e. The topological polar surface area (TPSA) is 76.1 Å². The number of likely N-dealkylation sites (N-methyl/N-ethyl adjacent to an activating group) is 1. The lowest BCUT2D eigenvalue weighted by atomic mass is 10.0. The molecule has 0 spiro atoms. The fourth-order valence-corrected chi connectivity index (χ4v) is 2.91. The van der Waals surface area contributed by atoms with Gasteiger partial charge in [0.25, 0.3) is 0 Å². The Morgan fingerprint density at radius 2 is 2.05 bits per heavy atom. The first-order chi connectivity index (χ1) is 9.95. The number of hydrogen-bond donors (Lipinski definition) is 1. The molecule has 1 atom stereocenters. The van der Waals surface area contributed by atoms with Crippen molar-refractivity contribution in [2.75, 3.05) is 19.8 Å². The molecule has 1 N–H and O–H groups in total. The van der Waals surface area contributed by atoms with Crippen LogP contribution in [-0.2, 0) is 9.59 Å². The van der Waals surface area contributed by atoms with Crippen LogP contribution in [0.4, 0.5) is 0 Å². The van der Waals surface area contributed by atoms with Crippen LogP contribution in [0.25, 0.3) is 0 Å². The number of carboxylic acids is 1. The van der Waals surface area contributed by atoms with Crippen LogP contribution in [0.2, 0.25) is 0 Å². The highest BCUT2D eigenvalue weighted by Gasteiger charge is 2.30. The highest BCUT2D eigenvalue weighted by Crippen LogP contribution is 2.40. The molecule has 21 heavy (non-hydrogen) atoms. The molecule has 6 nitrogen and oxygen atoms in total. The van der Waals surface area contributed by atoms with E-state index < -0.39 is 12.0 Å². The molecule has 1 amide bonds. The summed E-state index contributed by atoms with van der Waals surface area (Å²) in [5.74, 6) is -0.344. The molecule has 1 heterocycles. The van der Waals surface area contributed by atoms with Crippen molar-refractivity contribution in [2.45, 2.75) is 19.9 Å². The molecule has 1 aromatic carbocycles. The van der Waals surface area contributed by atoms with Crippen molar-refractivity contribution < 1.29 is 24.2 Å². The van der Waals surface area contributed by atoms with Gasteiger partial charge in [-0.25, -0.2) is 4.79 Å². The van der Waals surface area contributed by atoms with Crippen molar-refractivity contribution in [2.24, 2.45) is 0 Å². The maximum atomic E-state index is 11.7. The molecular weight excluding hydrogens is 342 g/mol. The highest BCUT2D eigenvalue weighted by atomic mass is 79.9. The van der Waals surface area contributed by atoms with Crippen molar-refractivity contribution in [3.05, 3.63) is 22.2 Å². The van der Waals surface area contributed by atoms with E-state index in [4.69, 9.17) is 9.47 Å². The number of rotatable bonds is 4. The van der Waals surface area contributed by atoms with Gasteiger partial charge in [0.15, 0.2) is 17.5 Å². The van der Waals surface area contributed by atoms with Crippen molar-refractivity contribution >= 4 is 27.8 Å². The Balaban J connectivity index is 2.48. The molecule has 114 valence electrons. The molecule has 1 unspecified atom stereocenters. The molecule has 1 aliphatic rings. The van der Waals surface area contributed by atoms with E-state index in [2.05, 4.69) is 15.9 Å². The van der Waals surface area contributed by atoms with Gasteiger partial charge < -0.3 is 19.5 Å². The van der Waals surface area contributed by atoms with Crippen LogP contribution in [0.5, 0.6) is 11.5 Å². The van der Waals surface area contributed by atoms with E-state index in [-0.39, 0.29) is 5.91 Å². The second-order valence-corrected chi connectivity index (χ2v) is 5.43. The Hall–Kier alpha value is -1.76. The highest BCUT2D eigenvalue weighted by molar-refractivity contribution is 9.10. The molecule has 2 rings (SSSR count). The number of carbonyl (C=O) groups is 2. The Morgan fingerprint density at radius 3 is 2.62 bits per heavy atom. The van der Waals surface area contributed by atoms with E-state index in [0.29, 0.717) is 41.3 Å². The predicted octanol–water partition coefficient (Wildman–Crippen LogP) is 2.21. The van der Waals surface area contributed by atoms with E-state index in [1.807, 2.05) is 0 Å². The van der Waals surface area contributed by atoms with E-state index in [1.54, 1.807) is 19.1 Å². The minimum atomic E-state index is -1.09. The monoisotopic (exact) mass is 357 g/mol. The SMILES string of the molecule is CCN(C(C)=O)C(C(=O)O)c1cc(Br)c2c(c1)OCCO2. The summed E-state index contributed by atoms with van der Waals surface area (Å²) in [7, 11) is 0. The van der Waals surface area contributed by atoms with Gasteiger partial charge in [-0.15, -0.1) is 0 Å². The molecule has 0 bridgehead atoms. The third-order valence-corrected chi connectivity index (χ3v) is 3.81. The lowest BCUT2D eigenvalue weighted by molar-refractivity contribution is -0.149. The zero-order valence-electron chi connectivity index (χ0n) is 11.8. The quantitative estimate of drug-likeness (QED) is 0.893. The molecule has 0 aromatic heterocycles. The number of aliphatic carboxylic acids is 1. The molecule has 0 fully saturated rings. The summed E-state index contributed by atoms with van der Waals surface area (Å²) < 4.78 is 11.6. The predicted molar refractivity (Wildman–Crippen MR) is 78.6 cm³/mol. The minimum Gasteiger partial charge on any atom is -0.486 e. The van der Waals surface area contributed by atoms with Gasteiger partial charge in [0.2, 0.25) is 5.91 Å². The zero-order valence-corrected chi connectivity index (χ0v) is 13.3. The smallest absolute Gasteiger partial charge is 0.331 e. The van der Waals surface area contributed by atoms with Crippen molar-refractivity contribution in [3.63, 3.8) is 0 Å². The summed E-state index contributed by atoms with van der Waals surface area (Å²) in [6.07, 6.45) is 0. The normalized spacial score (nSPS) is 14.4. The number of fused-ring (bicyclic) bond motifs is 1. The van der Waals surface area contributed by atoms with E-state index >= 15 is 0 Å². The average Bonchev–Trinajstić information content (AvgIpc) is 2.43. The van der Waals surface area contributed by atoms with Gasteiger partial charge in [-0.1, -0.05) is 0 Å². The number of benzene rings is 1. The summed E-state index contributed by atoms with van der Waals surface area (Å²) in [6.45, 7) is 4.25. The maximum Gasteiger partial charge on any atom is 0.331 e. The van der Waals surface area contributed by atoms with E-state index in [9.17, 15) is 14.7 Å². The van der Waals surface area contributed by atoms with Gasteiger partial charge >= 0.3 is 5.97 Å². The van der Waals surface area contributed by atoms with E-state index in [1.165, 1.54) is 11.8 Å². The van der Waals surface area contributed by atoms with Crippen molar-refractivity contribution in [1.29, 1.82) is 0 Å². The zero-order chi connectivity index (χ0) is 15.6. The van der Waals surface area contributed by atoms with Gasteiger partial charge in [-0.05, 0) is 40.5 Å². The van der Waals surface area contributed by atoms with Crippen molar-refractivity contribution in [3.8, 4) is 11.5 Å². The summed E-state index contributed by atoms with van der Waals surface area (Å²) in [5.41, 5.74) is 0.468. The van der Waals surface area contributed by atoms with Crippen molar-refractivity contribution in [1.82, 2.24) is 4.90 Å². The Bertz CT molecular complexity index is 575. The number of ether oxygens (including phenoxy) is 2. The second kappa shape index (κ2) is 6.34. The fraction of sp³-hybridized carbons (Fsp3) is 0.429. The molecule has 0 saturated carbocycles. The van der Waals surface area contributed by atoms with Crippen LogP contribution in [0.15, 0.2) is 16.6 Å². The van der Waals surface area contributed by atoms with Gasteiger partial charge in [0.05, 0.1) is 4.47 Å². The summed E-state index contributed by atoms with van der Waals surface area (Å²) in [5, 5.41) is 9.49. The van der Waals surface area contributed by atoms with Gasteiger partial charge in [0, 0.05) is 13.5 Å². The summed E-state index contributed by atoms with van der Waals surface area (Å²) in [6, 6.07) is 2.21. The number of nitrogens with zero attached hydrogens (tertiary/aromatic N) is 1. The minimum absolute atomic E-state index is 0.295. The Labute approximate surface area is 130 Å². The number of carbonyl (C=O) groups excluding carboxylic acids is 1. The number of halogens is 1. The number of hydrogen-bond acceptors (Lipinski definition) is 4. The Kier molecular flexibility index (Phi) is 4.72. The van der Waals surface area contributed by atoms with E-state index in [0.717, 1.165) is 0 Å². The van der Waals surface area contributed by atoms with Gasteiger partial charge in [0.1, 0.15) is 13.2 Å². The standard InChI is InChI=1S/C14H16BrNO5/c1-3-16(8(2)17)12(14(18)19)9-6-10(15)13-11(7-9)20-4-5-21-13/h6-7,12H,3-5H2,1-2H3,(H,18,19). The van der Waals surface area contributed by atoms with Crippen LogP contribution in [0.1, 0.15) is 25.5 Å². The van der Waals surface area contributed by atoms with Gasteiger partial charge in [-0.2, -0.15) is 0 Å². The first-order valence-electron chi connectivity index (χ1n) is 6.54. The maximum absolute atomic E-state index is 11.7. The lowest BCUT2D eigenvalue weighted by Crippen LogP contribution is -2.37. The molecular formula is C14H16BrNO5. The molecule has 0 radical (unpaired) electrons. The fourth-order valence-electron chi connectivity index (χ4n) is 2.33. The van der Waals surface area contributed by atoms with Crippen LogP contribution < -0.4 is 9.47 Å². The molecule has 1 aromatic rings. The van der Waals surface area contributed by atoms with Crippen LogP contribution >= 0.6 is 15.9 Å². The Morgan fingerprint density at radius 1 is 1.38 bits per heavy atom. The third-order valence-electron chi connectivity index (χ3n) is 3.23. The lowest BCUT2D eigenvalue weighted by Gasteiger charge is -2.28. The first kappa shape index (κ1) is 15.6. The number of carboxylic acid groups (broad SMARTS) is 1. The summed E-state index contributed by atoms with van der Waals surface area (Å²) in [4.78, 5) is 24.6. The third kappa shape index (κ3) is 3.12. The van der Waals surface area contributed by atoms with Gasteiger partial charge in [-0.3, -0.25) is 4.79 Å².